The first kappa shape index (κ1) is 21.9. The molecule has 0 radical (unpaired) electrons. The minimum atomic E-state index is -3.94. The Hall–Kier alpha value is -1.41. The van der Waals surface area contributed by atoms with Crippen LogP contribution >= 0.6 is 11.6 Å². The van der Waals surface area contributed by atoms with Gasteiger partial charge >= 0.3 is 6.61 Å². The van der Waals surface area contributed by atoms with Crippen molar-refractivity contribution in [2.24, 2.45) is 5.92 Å². The summed E-state index contributed by atoms with van der Waals surface area (Å²) in [5.74, 6) is -0.860. The van der Waals surface area contributed by atoms with Gasteiger partial charge in [0.2, 0.25) is 5.91 Å². The number of amides is 1. The van der Waals surface area contributed by atoms with Crippen LogP contribution in [0.2, 0.25) is 5.02 Å². The number of carbonyl (C=O) groups excluding carboxylic acids is 1. The third-order valence-electron chi connectivity index (χ3n) is 4.87. The maximum Gasteiger partial charge on any atom is 0.387 e. The fraction of sp³-hybridized carbons (Fsp3) is 0.611. The van der Waals surface area contributed by atoms with E-state index in [1.54, 1.807) is 0 Å². The van der Waals surface area contributed by atoms with E-state index >= 15 is 0 Å². The number of nitrogens with one attached hydrogen (secondary N) is 1. The predicted octanol–water partition coefficient (Wildman–Crippen LogP) is 3.94. The van der Waals surface area contributed by atoms with Gasteiger partial charge in [0, 0.05) is 16.6 Å². The van der Waals surface area contributed by atoms with Gasteiger partial charge in [0.1, 0.15) is 11.0 Å². The zero-order chi connectivity index (χ0) is 20.2. The summed E-state index contributed by atoms with van der Waals surface area (Å²) in [4.78, 5) is 12.4. The van der Waals surface area contributed by atoms with Crippen LogP contribution in [0.1, 0.15) is 45.1 Å². The zero-order valence-corrected chi connectivity index (χ0v) is 16.8. The van der Waals surface area contributed by atoms with E-state index in [2.05, 4.69) is 17.0 Å². The van der Waals surface area contributed by atoms with Gasteiger partial charge < -0.3 is 10.1 Å². The van der Waals surface area contributed by atoms with Crippen LogP contribution in [-0.4, -0.2) is 32.2 Å². The molecule has 1 amide bonds. The van der Waals surface area contributed by atoms with Crippen molar-refractivity contribution >= 4 is 27.3 Å². The molecular weight excluding hydrogens is 400 g/mol. The highest BCUT2D eigenvalue weighted by Gasteiger charge is 2.31. The number of hydrogen-bond donors (Lipinski definition) is 1. The molecule has 152 valence electrons. The minimum absolute atomic E-state index is 0.00561. The van der Waals surface area contributed by atoms with Crippen molar-refractivity contribution in [1.29, 1.82) is 0 Å². The third kappa shape index (κ3) is 6.31. The molecule has 0 aliphatic heterocycles. The quantitative estimate of drug-likeness (QED) is 0.721. The molecule has 1 aromatic carbocycles. The molecule has 9 heteroatoms. The molecule has 1 aromatic rings. The Kier molecular flexibility index (Phi) is 7.45. The molecular formula is C18H24ClF2NO4S. The lowest BCUT2D eigenvalue weighted by Crippen LogP contribution is -2.44. The first-order chi connectivity index (χ1) is 12.6. The summed E-state index contributed by atoms with van der Waals surface area (Å²) in [7, 11) is -3.94. The highest BCUT2D eigenvalue weighted by molar-refractivity contribution is 7.92. The maximum atomic E-state index is 12.6. The van der Waals surface area contributed by atoms with E-state index in [1.807, 2.05) is 0 Å². The summed E-state index contributed by atoms with van der Waals surface area (Å²) in [5.41, 5.74) is -0.00561. The molecule has 5 nitrogen and oxygen atoms in total. The van der Waals surface area contributed by atoms with Crippen LogP contribution in [0.15, 0.2) is 18.2 Å². The van der Waals surface area contributed by atoms with E-state index in [4.69, 9.17) is 11.6 Å². The lowest BCUT2D eigenvalue weighted by Gasteiger charge is -2.28. The number of hydrogen-bond acceptors (Lipinski definition) is 4. The van der Waals surface area contributed by atoms with E-state index in [1.165, 1.54) is 25.1 Å². The molecule has 1 N–H and O–H groups in total. The average Bonchev–Trinajstić information content (AvgIpc) is 2.58. The van der Waals surface area contributed by atoms with Crippen LogP contribution in [0.4, 0.5) is 8.78 Å². The zero-order valence-electron chi connectivity index (χ0n) is 15.3. The molecule has 1 aliphatic rings. The Morgan fingerprint density at radius 3 is 2.52 bits per heavy atom. The van der Waals surface area contributed by atoms with Crippen LogP contribution in [-0.2, 0) is 20.4 Å². The van der Waals surface area contributed by atoms with Gasteiger partial charge in [-0.25, -0.2) is 8.42 Å². The third-order valence-corrected chi connectivity index (χ3v) is 7.11. The van der Waals surface area contributed by atoms with Crippen molar-refractivity contribution < 1.29 is 26.7 Å². The smallest absolute Gasteiger partial charge is 0.387 e. The molecule has 27 heavy (non-hydrogen) atoms. The number of ether oxygens (including phenoxy) is 1. The molecule has 0 aromatic heterocycles. The van der Waals surface area contributed by atoms with Gasteiger partial charge in [0.15, 0.2) is 9.84 Å². The van der Waals surface area contributed by atoms with E-state index in [0.717, 1.165) is 25.7 Å². The molecule has 0 bridgehead atoms. The second kappa shape index (κ2) is 9.19. The van der Waals surface area contributed by atoms with E-state index in [9.17, 15) is 22.0 Å². The first-order valence-corrected chi connectivity index (χ1v) is 10.9. The number of sulfone groups is 1. The summed E-state index contributed by atoms with van der Waals surface area (Å²) < 4.78 is 54.7. The van der Waals surface area contributed by atoms with Crippen molar-refractivity contribution in [3.63, 3.8) is 0 Å². The van der Waals surface area contributed by atoms with Crippen molar-refractivity contribution in [1.82, 2.24) is 5.32 Å². The molecule has 0 saturated heterocycles. The fourth-order valence-corrected chi connectivity index (χ4v) is 4.60. The summed E-state index contributed by atoms with van der Waals surface area (Å²) in [6.45, 7) is 0.353. The lowest BCUT2D eigenvalue weighted by atomic mass is 9.87. The SMILES string of the molecule is CC1CCC(NC(=O)C(C)S(=O)(=O)Cc2cc(Cl)ccc2OC(F)F)CC1. The highest BCUT2D eigenvalue weighted by Crippen LogP contribution is 2.28. The first-order valence-electron chi connectivity index (χ1n) is 8.83. The van der Waals surface area contributed by atoms with E-state index < -0.39 is 33.4 Å². The topological polar surface area (TPSA) is 72.5 Å². The second-order valence-electron chi connectivity index (χ2n) is 7.05. The Morgan fingerprint density at radius 1 is 1.30 bits per heavy atom. The van der Waals surface area contributed by atoms with Crippen LogP contribution in [0, 0.1) is 5.92 Å². The van der Waals surface area contributed by atoms with Gasteiger partial charge in [-0.1, -0.05) is 18.5 Å². The van der Waals surface area contributed by atoms with Gasteiger partial charge in [-0.15, -0.1) is 0 Å². The molecule has 1 aliphatic carbocycles. The second-order valence-corrected chi connectivity index (χ2v) is 9.80. The maximum absolute atomic E-state index is 12.6. The summed E-state index contributed by atoms with van der Waals surface area (Å²) in [6.07, 6.45) is 3.62. The van der Waals surface area contributed by atoms with Gasteiger partial charge in [-0.3, -0.25) is 4.79 Å². The van der Waals surface area contributed by atoms with Gasteiger partial charge in [0.25, 0.3) is 0 Å². The van der Waals surface area contributed by atoms with Gasteiger partial charge in [-0.05, 0) is 56.7 Å². The Labute approximate surface area is 163 Å². The highest BCUT2D eigenvalue weighted by atomic mass is 35.5. The molecule has 0 spiro atoms. The van der Waals surface area contributed by atoms with Crippen LogP contribution in [0.3, 0.4) is 0 Å². The largest absolute Gasteiger partial charge is 0.435 e. The standard InChI is InChI=1S/C18H24ClF2NO4S/c1-11-3-6-15(7-4-11)22-17(23)12(2)27(24,25)10-13-9-14(19)5-8-16(13)26-18(20)21/h5,8-9,11-12,15,18H,3-4,6-7,10H2,1-2H3,(H,22,23). The molecule has 1 fully saturated rings. The molecule has 2 rings (SSSR count). The summed E-state index contributed by atoms with van der Waals surface area (Å²) in [6, 6.07) is 3.74. The normalized spacial score (nSPS) is 21.7. The molecule has 1 saturated carbocycles. The fourth-order valence-electron chi connectivity index (χ4n) is 3.10. The van der Waals surface area contributed by atoms with Gasteiger partial charge in [0.05, 0.1) is 5.75 Å². The van der Waals surface area contributed by atoms with Gasteiger partial charge in [-0.2, -0.15) is 8.78 Å². The Balaban J connectivity index is 2.09. The lowest BCUT2D eigenvalue weighted by molar-refractivity contribution is -0.121. The van der Waals surface area contributed by atoms with E-state index in [0.29, 0.717) is 5.92 Å². The number of carbonyl (C=O) groups is 1. The number of alkyl halides is 2. The van der Waals surface area contributed by atoms with E-state index in [-0.39, 0.29) is 22.4 Å². The Morgan fingerprint density at radius 2 is 1.93 bits per heavy atom. The number of rotatable bonds is 7. The molecule has 0 heterocycles. The monoisotopic (exact) mass is 423 g/mol. The predicted molar refractivity (Wildman–Crippen MR) is 99.7 cm³/mol. The number of benzene rings is 1. The van der Waals surface area contributed by atoms with Crippen LogP contribution < -0.4 is 10.1 Å². The molecule has 1 unspecified atom stereocenters. The number of halogens is 3. The summed E-state index contributed by atoms with van der Waals surface area (Å²) >= 11 is 5.85. The van der Waals surface area contributed by atoms with Crippen LogP contribution in [0.25, 0.3) is 0 Å². The van der Waals surface area contributed by atoms with Crippen molar-refractivity contribution in [3.05, 3.63) is 28.8 Å². The summed E-state index contributed by atoms with van der Waals surface area (Å²) in [5, 5.41) is 1.67. The van der Waals surface area contributed by atoms with Crippen molar-refractivity contribution in [2.75, 3.05) is 0 Å². The van der Waals surface area contributed by atoms with Crippen LogP contribution in [0.5, 0.6) is 5.75 Å². The van der Waals surface area contributed by atoms with Crippen molar-refractivity contribution in [2.45, 2.75) is 63.2 Å². The molecule has 1 atom stereocenters. The minimum Gasteiger partial charge on any atom is -0.435 e. The average molecular weight is 424 g/mol. The van der Waals surface area contributed by atoms with Crippen molar-refractivity contribution in [3.8, 4) is 5.75 Å². The Bertz CT molecular complexity index is 765.